The number of hydrogen-bond donors (Lipinski definition) is 1. The van der Waals surface area contributed by atoms with E-state index in [-0.39, 0.29) is 12.0 Å². The minimum absolute atomic E-state index is 0.0478. The van der Waals surface area contributed by atoms with Crippen molar-refractivity contribution in [2.45, 2.75) is 25.9 Å². The van der Waals surface area contributed by atoms with Crippen molar-refractivity contribution in [1.82, 2.24) is 9.97 Å². The van der Waals surface area contributed by atoms with Crippen LogP contribution in [0.15, 0.2) is 24.4 Å². The molecule has 3 heterocycles. The molecule has 7 heteroatoms. The maximum atomic E-state index is 12.4. The van der Waals surface area contributed by atoms with Gasteiger partial charge in [-0.15, -0.1) is 11.3 Å². The molecule has 4 rings (SSSR count). The topological polar surface area (TPSA) is 64.1 Å². The van der Waals surface area contributed by atoms with Crippen molar-refractivity contribution in [1.29, 1.82) is 0 Å². The fraction of sp³-hybridized carbons (Fsp3) is 0.312. The number of para-hydroxylation sites is 1. The Balaban J connectivity index is 1.53. The zero-order chi connectivity index (χ0) is 15.8. The number of thiazole rings is 2. The highest BCUT2D eigenvalue weighted by atomic mass is 32.1. The molecule has 0 aliphatic carbocycles. The molecule has 0 saturated carbocycles. The molecule has 1 aromatic carbocycles. The molecule has 3 aromatic rings. The fourth-order valence-electron chi connectivity index (χ4n) is 2.61. The molecule has 1 N–H and O–H groups in total. The van der Waals surface area contributed by atoms with Gasteiger partial charge in [-0.05, 0) is 31.4 Å². The van der Waals surface area contributed by atoms with Crippen LogP contribution in [0, 0.1) is 6.92 Å². The summed E-state index contributed by atoms with van der Waals surface area (Å²) in [6, 6.07) is 6.03. The van der Waals surface area contributed by atoms with E-state index in [9.17, 15) is 4.79 Å². The van der Waals surface area contributed by atoms with Crippen LogP contribution in [0.3, 0.4) is 0 Å². The molecule has 23 heavy (non-hydrogen) atoms. The lowest BCUT2D eigenvalue weighted by Crippen LogP contribution is -2.09. The highest BCUT2D eigenvalue weighted by Gasteiger charge is 2.22. The summed E-state index contributed by atoms with van der Waals surface area (Å²) < 4.78 is 6.68. The van der Waals surface area contributed by atoms with Crippen LogP contribution in [0.1, 0.15) is 39.2 Å². The first-order valence-corrected chi connectivity index (χ1v) is 9.09. The van der Waals surface area contributed by atoms with Crippen LogP contribution in [-0.2, 0) is 4.74 Å². The van der Waals surface area contributed by atoms with Crippen LogP contribution in [0.4, 0.5) is 5.13 Å². The van der Waals surface area contributed by atoms with Gasteiger partial charge in [0.25, 0.3) is 5.91 Å². The molecule has 1 amide bonds. The van der Waals surface area contributed by atoms with Crippen molar-refractivity contribution in [3.63, 3.8) is 0 Å². The molecule has 1 saturated heterocycles. The molecule has 0 bridgehead atoms. The number of nitrogens with zero attached hydrogens (tertiary/aromatic N) is 2. The minimum Gasteiger partial charge on any atom is -0.371 e. The number of carbonyl (C=O) groups is 1. The molecule has 0 radical (unpaired) electrons. The first-order chi connectivity index (χ1) is 11.2. The summed E-state index contributed by atoms with van der Waals surface area (Å²) in [7, 11) is 0. The third-order valence-electron chi connectivity index (χ3n) is 3.79. The van der Waals surface area contributed by atoms with E-state index < -0.39 is 0 Å². The van der Waals surface area contributed by atoms with E-state index in [1.807, 2.05) is 25.1 Å². The second-order valence-electron chi connectivity index (χ2n) is 5.46. The lowest BCUT2D eigenvalue weighted by atomic mass is 10.2. The van der Waals surface area contributed by atoms with Crippen molar-refractivity contribution in [3.05, 3.63) is 39.8 Å². The molecule has 1 aliphatic heterocycles. The predicted octanol–water partition coefficient (Wildman–Crippen LogP) is 4.17. The van der Waals surface area contributed by atoms with E-state index in [0.29, 0.717) is 10.0 Å². The Morgan fingerprint density at radius 3 is 3.09 bits per heavy atom. The highest BCUT2D eigenvalue weighted by Crippen LogP contribution is 2.32. The van der Waals surface area contributed by atoms with Crippen LogP contribution >= 0.6 is 22.7 Å². The van der Waals surface area contributed by atoms with E-state index in [1.165, 1.54) is 22.7 Å². The number of benzene rings is 1. The normalized spacial score (nSPS) is 17.7. The van der Waals surface area contributed by atoms with Gasteiger partial charge in [-0.25, -0.2) is 9.97 Å². The predicted molar refractivity (Wildman–Crippen MR) is 92.4 cm³/mol. The smallest absolute Gasteiger partial charge is 0.269 e. The van der Waals surface area contributed by atoms with Gasteiger partial charge in [-0.3, -0.25) is 10.1 Å². The quantitative estimate of drug-likeness (QED) is 0.774. The van der Waals surface area contributed by atoms with E-state index in [2.05, 4.69) is 15.3 Å². The Morgan fingerprint density at radius 2 is 2.30 bits per heavy atom. The Bertz CT molecular complexity index is 865. The number of carbonyl (C=O) groups excluding carboxylic acids is 1. The number of fused-ring (bicyclic) bond motifs is 1. The number of aromatic nitrogens is 2. The summed E-state index contributed by atoms with van der Waals surface area (Å²) in [4.78, 5) is 21.8. The highest BCUT2D eigenvalue weighted by molar-refractivity contribution is 7.22. The van der Waals surface area contributed by atoms with Crippen LogP contribution in [-0.4, -0.2) is 22.5 Å². The first kappa shape index (κ1) is 14.7. The number of amides is 1. The van der Waals surface area contributed by atoms with Crippen molar-refractivity contribution in [3.8, 4) is 0 Å². The summed E-state index contributed by atoms with van der Waals surface area (Å²) in [5.74, 6) is -0.163. The van der Waals surface area contributed by atoms with Crippen molar-refractivity contribution < 1.29 is 9.53 Å². The van der Waals surface area contributed by atoms with Gasteiger partial charge in [-0.2, -0.15) is 0 Å². The summed E-state index contributed by atoms with van der Waals surface area (Å²) >= 11 is 2.88. The largest absolute Gasteiger partial charge is 0.371 e. The zero-order valence-electron chi connectivity index (χ0n) is 12.5. The molecular weight excluding hydrogens is 330 g/mol. The second-order valence-corrected chi connectivity index (χ2v) is 7.55. The maximum absolute atomic E-state index is 12.4. The molecule has 1 fully saturated rings. The van der Waals surface area contributed by atoms with Gasteiger partial charge >= 0.3 is 0 Å². The van der Waals surface area contributed by atoms with Crippen LogP contribution < -0.4 is 5.32 Å². The summed E-state index contributed by atoms with van der Waals surface area (Å²) in [5, 5.41) is 4.38. The number of ether oxygens (including phenoxy) is 1. The minimum atomic E-state index is -0.163. The van der Waals surface area contributed by atoms with Gasteiger partial charge in [0.1, 0.15) is 16.0 Å². The Labute approximate surface area is 141 Å². The standard InChI is InChI=1S/C16H15N3O2S2/c1-9-4-2-6-11-13(9)18-16(23-11)19-14(20)12-8-17-15(22-12)10-5-3-7-21-10/h2,4,6,8,10H,3,5,7H2,1H3,(H,18,19,20). The van der Waals surface area contributed by atoms with Crippen molar-refractivity contribution in [2.24, 2.45) is 0 Å². The molecular formula is C16H15N3O2S2. The van der Waals surface area contributed by atoms with Crippen LogP contribution in [0.25, 0.3) is 10.2 Å². The van der Waals surface area contributed by atoms with E-state index in [4.69, 9.17) is 4.74 Å². The average Bonchev–Trinajstić information content (AvgIpc) is 3.27. The van der Waals surface area contributed by atoms with Crippen molar-refractivity contribution in [2.75, 3.05) is 11.9 Å². The Morgan fingerprint density at radius 1 is 1.39 bits per heavy atom. The zero-order valence-corrected chi connectivity index (χ0v) is 14.2. The molecule has 118 valence electrons. The van der Waals surface area contributed by atoms with E-state index >= 15 is 0 Å². The van der Waals surface area contributed by atoms with Crippen LogP contribution in [0.5, 0.6) is 0 Å². The number of aryl methyl sites for hydroxylation is 1. The Kier molecular flexibility index (Phi) is 3.84. The number of anilines is 1. The lowest BCUT2D eigenvalue weighted by Gasteiger charge is -2.03. The number of hydrogen-bond acceptors (Lipinski definition) is 6. The van der Waals surface area contributed by atoms with Gasteiger partial charge in [0.2, 0.25) is 0 Å². The summed E-state index contributed by atoms with van der Waals surface area (Å²) in [6.07, 6.45) is 3.70. The summed E-state index contributed by atoms with van der Waals surface area (Å²) in [6.45, 7) is 2.79. The molecule has 0 spiro atoms. The molecule has 1 aliphatic rings. The van der Waals surface area contributed by atoms with Gasteiger partial charge in [0.05, 0.1) is 16.4 Å². The maximum Gasteiger partial charge on any atom is 0.269 e. The van der Waals surface area contributed by atoms with E-state index in [0.717, 1.165) is 40.2 Å². The third-order valence-corrected chi connectivity index (χ3v) is 5.82. The molecule has 1 unspecified atom stereocenters. The first-order valence-electron chi connectivity index (χ1n) is 7.45. The third kappa shape index (κ3) is 2.87. The van der Waals surface area contributed by atoms with Gasteiger partial charge < -0.3 is 4.74 Å². The molecule has 1 atom stereocenters. The SMILES string of the molecule is Cc1cccc2sc(NC(=O)c3cnc(C4CCCO4)s3)nc12. The lowest BCUT2D eigenvalue weighted by molar-refractivity contribution is 0.103. The average molecular weight is 345 g/mol. The fourth-order valence-corrected chi connectivity index (χ4v) is 4.45. The van der Waals surface area contributed by atoms with Crippen molar-refractivity contribution >= 4 is 43.9 Å². The number of rotatable bonds is 3. The van der Waals surface area contributed by atoms with Gasteiger partial charge in [-0.1, -0.05) is 23.5 Å². The molecule has 5 nitrogen and oxygen atoms in total. The summed E-state index contributed by atoms with van der Waals surface area (Å²) in [5.41, 5.74) is 2.05. The van der Waals surface area contributed by atoms with Gasteiger partial charge in [0, 0.05) is 6.61 Å². The number of nitrogens with one attached hydrogen (secondary N) is 1. The molecule has 2 aromatic heterocycles. The second kappa shape index (κ2) is 5.99. The van der Waals surface area contributed by atoms with E-state index in [1.54, 1.807) is 6.20 Å². The van der Waals surface area contributed by atoms with Crippen LogP contribution in [0.2, 0.25) is 0 Å². The Hall–Kier alpha value is -1.83. The van der Waals surface area contributed by atoms with Gasteiger partial charge in [0.15, 0.2) is 5.13 Å². The monoisotopic (exact) mass is 345 g/mol.